The number of rotatable bonds is 11. The second-order valence-corrected chi connectivity index (χ2v) is 9.76. The highest BCUT2D eigenvalue weighted by Crippen LogP contribution is 2.42. The molecular formula is C29H32ClN7O3. The fraction of sp³-hybridized carbons (Fsp3) is 0.241. The first kappa shape index (κ1) is 28.4. The normalized spacial score (nSPS) is 18.4. The van der Waals surface area contributed by atoms with Crippen LogP contribution in [0.25, 0.3) is 16.8 Å². The van der Waals surface area contributed by atoms with Gasteiger partial charge >= 0.3 is 0 Å². The monoisotopic (exact) mass is 561 g/mol. The van der Waals surface area contributed by atoms with E-state index < -0.39 is 0 Å². The Morgan fingerprint density at radius 1 is 1.27 bits per heavy atom. The third kappa shape index (κ3) is 6.18. The van der Waals surface area contributed by atoms with Gasteiger partial charge in [-0.15, -0.1) is 0 Å². The van der Waals surface area contributed by atoms with Crippen LogP contribution in [0.15, 0.2) is 65.5 Å². The summed E-state index contributed by atoms with van der Waals surface area (Å²) in [6.07, 6.45) is 9.00. The number of likely N-dealkylation sites (tertiary alicyclic amines) is 1. The first-order valence-corrected chi connectivity index (χ1v) is 13.1. The van der Waals surface area contributed by atoms with Crippen LogP contribution in [0.4, 0.5) is 11.4 Å². The number of H-pyrrole nitrogens is 1. The first-order valence-electron chi connectivity index (χ1n) is 12.7. The Morgan fingerprint density at radius 2 is 2.08 bits per heavy atom. The lowest BCUT2D eigenvalue weighted by atomic mass is 9.98. The molecule has 2 atom stereocenters. The molecule has 5 N–H and O–H groups in total. The van der Waals surface area contributed by atoms with Crippen LogP contribution in [0.2, 0.25) is 5.02 Å². The number of hydrogen-bond donors (Lipinski definition) is 4. The summed E-state index contributed by atoms with van der Waals surface area (Å²) < 4.78 is 5.59. The lowest BCUT2D eigenvalue weighted by molar-refractivity contribution is -0.109. The zero-order chi connectivity index (χ0) is 28.6. The molecule has 40 heavy (non-hydrogen) atoms. The van der Waals surface area contributed by atoms with Gasteiger partial charge in [0.2, 0.25) is 0 Å². The molecule has 0 amide bonds. The second-order valence-electron chi connectivity index (χ2n) is 9.32. The number of aldehydes is 2. The number of ether oxygens (including phenoxy) is 1. The quantitative estimate of drug-likeness (QED) is 0.0651. The van der Waals surface area contributed by atoms with E-state index in [-0.39, 0.29) is 18.6 Å². The van der Waals surface area contributed by atoms with E-state index in [4.69, 9.17) is 27.2 Å². The van der Waals surface area contributed by atoms with Gasteiger partial charge in [0, 0.05) is 41.6 Å². The number of aromatic amines is 1. The van der Waals surface area contributed by atoms with E-state index in [2.05, 4.69) is 32.5 Å². The fourth-order valence-electron chi connectivity index (χ4n) is 4.91. The zero-order valence-corrected chi connectivity index (χ0v) is 23.3. The maximum Gasteiger partial charge on any atom is 0.157 e. The first-order chi connectivity index (χ1) is 19.4. The molecule has 3 aromatic rings. The standard InChI is InChI=1S/C29H32ClN7O3/c1-18-12-27(29-33-16-25(36-29)20-4-6-24(32-2)28(14-20)40-11-10-39)37(3)26(18)13-19(8-9-38)22-15-21(30)5-7-23(22)34-17-35-31/h4-10,13-18,27,32H,11-12,31H2,1-3H3,(H,33,36)(H,34,35)/b19-8+,26-13-/t18-,27?/m1/s1. The molecule has 1 unspecified atom stereocenters. The minimum atomic E-state index is -0.0277. The van der Waals surface area contributed by atoms with Crippen LogP contribution < -0.4 is 21.2 Å². The van der Waals surface area contributed by atoms with E-state index in [0.29, 0.717) is 22.0 Å². The number of halogens is 1. The molecule has 1 aromatic heterocycles. The highest BCUT2D eigenvalue weighted by atomic mass is 35.5. The molecule has 10 nitrogen and oxygen atoms in total. The van der Waals surface area contributed by atoms with Crippen molar-refractivity contribution in [2.75, 3.05) is 31.3 Å². The Bertz CT molecular complexity index is 1460. The van der Waals surface area contributed by atoms with E-state index >= 15 is 0 Å². The van der Waals surface area contributed by atoms with E-state index in [9.17, 15) is 9.59 Å². The number of hydrogen-bond acceptors (Lipinski definition) is 8. The average Bonchev–Trinajstić information content (AvgIpc) is 3.55. The number of hydrazone groups is 1. The van der Waals surface area contributed by atoms with Crippen LogP contribution in [-0.4, -0.2) is 54.5 Å². The van der Waals surface area contributed by atoms with E-state index in [0.717, 1.165) is 53.0 Å². The van der Waals surface area contributed by atoms with Gasteiger partial charge in [-0.05, 0) is 60.4 Å². The summed E-state index contributed by atoms with van der Waals surface area (Å²) >= 11 is 6.30. The molecule has 1 fully saturated rings. The smallest absolute Gasteiger partial charge is 0.157 e. The van der Waals surface area contributed by atoms with Gasteiger partial charge < -0.3 is 31.1 Å². The second kappa shape index (κ2) is 13.0. The number of allylic oxidation sites excluding steroid dienone is 4. The van der Waals surface area contributed by atoms with Gasteiger partial charge in [-0.2, -0.15) is 5.10 Å². The van der Waals surface area contributed by atoms with Crippen molar-refractivity contribution in [1.82, 2.24) is 14.9 Å². The minimum absolute atomic E-state index is 0.00354. The summed E-state index contributed by atoms with van der Waals surface area (Å²) in [5.74, 6) is 6.87. The number of anilines is 2. The number of nitrogens with one attached hydrogen (secondary N) is 3. The number of aromatic nitrogens is 2. The van der Waals surface area contributed by atoms with Gasteiger partial charge in [-0.1, -0.05) is 24.6 Å². The molecule has 1 aliphatic heterocycles. The van der Waals surface area contributed by atoms with Crippen LogP contribution in [0, 0.1) is 5.92 Å². The van der Waals surface area contributed by atoms with E-state index in [1.807, 2.05) is 37.4 Å². The lowest BCUT2D eigenvalue weighted by Gasteiger charge is -2.22. The predicted molar refractivity (Wildman–Crippen MR) is 159 cm³/mol. The number of nitrogens with two attached hydrogens (primary N) is 1. The maximum atomic E-state index is 11.6. The van der Waals surface area contributed by atoms with Crippen molar-refractivity contribution < 1.29 is 14.3 Å². The summed E-state index contributed by atoms with van der Waals surface area (Å²) in [6.45, 7) is 2.12. The average molecular weight is 562 g/mol. The van der Waals surface area contributed by atoms with Crippen molar-refractivity contribution in [3.63, 3.8) is 0 Å². The molecule has 2 heterocycles. The van der Waals surface area contributed by atoms with Crippen LogP contribution in [0.3, 0.4) is 0 Å². The van der Waals surface area contributed by atoms with Crippen molar-refractivity contribution in [1.29, 1.82) is 0 Å². The van der Waals surface area contributed by atoms with Crippen molar-refractivity contribution in [3.05, 3.63) is 76.9 Å². The summed E-state index contributed by atoms with van der Waals surface area (Å²) in [5, 5.41) is 10.1. The van der Waals surface area contributed by atoms with Gasteiger partial charge in [-0.3, -0.25) is 9.59 Å². The van der Waals surface area contributed by atoms with Gasteiger partial charge in [0.05, 0.1) is 23.6 Å². The molecule has 11 heteroatoms. The summed E-state index contributed by atoms with van der Waals surface area (Å²) in [7, 11) is 3.82. The van der Waals surface area contributed by atoms with Crippen LogP contribution in [-0.2, 0) is 9.59 Å². The predicted octanol–water partition coefficient (Wildman–Crippen LogP) is 4.84. The number of benzene rings is 2. The van der Waals surface area contributed by atoms with E-state index in [1.165, 1.54) is 12.4 Å². The summed E-state index contributed by atoms with van der Waals surface area (Å²) in [5.41, 5.74) is 5.73. The zero-order valence-electron chi connectivity index (χ0n) is 22.5. The van der Waals surface area contributed by atoms with Crippen molar-refractivity contribution >= 4 is 47.5 Å². The highest BCUT2D eigenvalue weighted by molar-refractivity contribution is 6.31. The fourth-order valence-corrected chi connectivity index (χ4v) is 5.08. The molecule has 0 spiro atoms. The summed E-state index contributed by atoms with van der Waals surface area (Å²) in [4.78, 5) is 32.8. The third-order valence-electron chi connectivity index (χ3n) is 6.87. The Hall–Kier alpha value is -4.57. The molecule has 1 aliphatic rings. The van der Waals surface area contributed by atoms with Gasteiger partial charge in [0.1, 0.15) is 30.8 Å². The SMILES string of the molecule is CNc1ccc(-c2cnc(C3C[C@@H](C)/C(=C/C(=C\C=O)c4cc(Cl)ccc4N/C=N\N)N3C)[nH]2)cc1OCC=O. The lowest BCUT2D eigenvalue weighted by Crippen LogP contribution is -2.18. The molecule has 1 saturated heterocycles. The van der Waals surface area contributed by atoms with Crippen LogP contribution in [0.1, 0.15) is 30.8 Å². The third-order valence-corrected chi connectivity index (χ3v) is 7.11. The molecule has 4 rings (SSSR count). The molecule has 0 aliphatic carbocycles. The van der Waals surface area contributed by atoms with Gasteiger partial charge in [-0.25, -0.2) is 4.98 Å². The molecule has 0 saturated carbocycles. The van der Waals surface area contributed by atoms with E-state index in [1.54, 1.807) is 25.4 Å². The number of carbonyl (C=O) groups is 2. The Kier molecular flexibility index (Phi) is 9.23. The highest BCUT2D eigenvalue weighted by Gasteiger charge is 2.34. The van der Waals surface area contributed by atoms with Crippen molar-refractivity contribution in [2.45, 2.75) is 19.4 Å². The Balaban J connectivity index is 1.63. The number of carbonyl (C=O) groups excluding carboxylic acids is 2. The molecule has 2 aromatic carbocycles. The number of nitrogens with zero attached hydrogens (tertiary/aromatic N) is 3. The molecule has 0 radical (unpaired) electrons. The molecule has 208 valence electrons. The largest absolute Gasteiger partial charge is 0.484 e. The van der Waals surface area contributed by atoms with Gasteiger partial charge in [0.15, 0.2) is 6.29 Å². The summed E-state index contributed by atoms with van der Waals surface area (Å²) in [6, 6.07) is 11.1. The topological polar surface area (TPSA) is 138 Å². The van der Waals surface area contributed by atoms with Crippen molar-refractivity contribution in [2.24, 2.45) is 16.9 Å². The van der Waals surface area contributed by atoms with Crippen LogP contribution in [0.5, 0.6) is 5.75 Å². The Morgan fingerprint density at radius 3 is 2.80 bits per heavy atom. The van der Waals surface area contributed by atoms with Gasteiger partial charge in [0.25, 0.3) is 0 Å². The molecular weight excluding hydrogens is 530 g/mol. The Labute approximate surface area is 238 Å². The van der Waals surface area contributed by atoms with Crippen LogP contribution >= 0.6 is 11.6 Å². The minimum Gasteiger partial charge on any atom is -0.484 e. The number of imidazole rings is 1. The molecule has 0 bridgehead atoms. The van der Waals surface area contributed by atoms with Crippen molar-refractivity contribution in [3.8, 4) is 17.0 Å². The maximum absolute atomic E-state index is 11.6.